The molecule has 4 aliphatic carbocycles. The summed E-state index contributed by atoms with van der Waals surface area (Å²) in [6, 6.07) is 0. The number of aliphatic hydroxyl groups is 14. The van der Waals surface area contributed by atoms with Crippen molar-refractivity contribution >= 4 is 5.97 Å². The number of ether oxygens (including phenoxy) is 9. The standard InChI is InChI=1S/C62H104O24/c1-10-11-12-13-14-17-40(66)78-28-35-44(69)47(72)51(76)55(82-35)85-53-49(74)43(68)34(27-64)81-57(53)84-39-20-22-59(6)37(58(39,4)5)19-24-60(7)38(59)25-32(65)41-31(18-23-61(41,60)8)62(9,21-15-16-30(2)3)86-56-52(77)48(73)45(70)36(83-56)29-79-54-50(75)46(71)42(67)33(26-63)80-54/h14,16-17,31-39,41-57,63-65,67-77H,10-13,15,18-29H2,1-9H3. The zero-order chi connectivity index (χ0) is 63.2. The Morgan fingerprint density at radius 3 is 1.78 bits per heavy atom. The van der Waals surface area contributed by atoms with Crippen LogP contribution in [0.15, 0.2) is 23.8 Å². The summed E-state index contributed by atoms with van der Waals surface area (Å²) in [4.78, 5) is 12.5. The van der Waals surface area contributed by atoms with Crippen molar-refractivity contribution in [3.05, 3.63) is 23.8 Å². The van der Waals surface area contributed by atoms with Crippen LogP contribution in [0.25, 0.3) is 0 Å². The molecule has 0 amide bonds. The highest BCUT2D eigenvalue weighted by molar-refractivity contribution is 5.81. The van der Waals surface area contributed by atoms with E-state index in [1.165, 1.54) is 6.08 Å². The SMILES string of the molecule is CCCCCC=CC(=O)OCC1OC(OC2C(OC3CCC4(C)C(CCC5(C)C4CC(O)C4C(C(C)(CCC=C(C)C)OC6OC(COC7OC(CO)C(O)C(O)C7O)C(O)C(O)C6O)CCC45C)C3(C)C)OC(CO)C(O)C2O)C(O)C(O)C1O. The molecule has 4 saturated carbocycles. The van der Waals surface area contributed by atoms with Gasteiger partial charge in [-0.3, -0.25) is 0 Å². The molecule has 496 valence electrons. The van der Waals surface area contributed by atoms with E-state index in [0.29, 0.717) is 44.9 Å². The molecule has 0 aromatic rings. The topological polar surface area (TPSA) is 383 Å². The highest BCUT2D eigenvalue weighted by Crippen LogP contribution is 2.76. The van der Waals surface area contributed by atoms with E-state index in [1.54, 1.807) is 6.08 Å². The highest BCUT2D eigenvalue weighted by atomic mass is 16.8. The van der Waals surface area contributed by atoms with Crippen molar-refractivity contribution < 1.29 is 119 Å². The summed E-state index contributed by atoms with van der Waals surface area (Å²) < 4.78 is 55.0. The van der Waals surface area contributed by atoms with Crippen molar-refractivity contribution in [1.82, 2.24) is 0 Å². The maximum atomic E-state index is 12.9. The van der Waals surface area contributed by atoms with Crippen LogP contribution in [0.1, 0.15) is 146 Å². The lowest BCUT2D eigenvalue weighted by Crippen LogP contribution is -2.68. The third kappa shape index (κ3) is 13.5. The predicted octanol–water partition coefficient (Wildman–Crippen LogP) is 0.485. The molecule has 0 aromatic heterocycles. The lowest BCUT2D eigenvalue weighted by molar-refractivity contribution is -0.378. The number of allylic oxidation sites excluding steroid dienone is 3. The highest BCUT2D eigenvalue weighted by Gasteiger charge is 2.72. The quantitative estimate of drug-likeness (QED) is 0.0230. The third-order valence-electron chi connectivity index (χ3n) is 22.3. The fourth-order valence-electron chi connectivity index (χ4n) is 17.2. The Labute approximate surface area is 505 Å². The molecule has 30 atom stereocenters. The number of carbonyl (C=O) groups excluding carboxylic acids is 1. The first kappa shape index (κ1) is 69.9. The van der Waals surface area contributed by atoms with Crippen molar-refractivity contribution in [2.24, 2.45) is 45.3 Å². The van der Waals surface area contributed by atoms with E-state index in [4.69, 9.17) is 42.6 Å². The number of unbranched alkanes of at least 4 members (excludes halogenated alkanes) is 3. The van der Waals surface area contributed by atoms with Crippen LogP contribution in [0.4, 0.5) is 0 Å². The van der Waals surface area contributed by atoms with Gasteiger partial charge in [0.2, 0.25) is 0 Å². The summed E-state index contributed by atoms with van der Waals surface area (Å²) in [6.07, 6.45) is -19.3. The minimum Gasteiger partial charge on any atom is -0.460 e. The summed E-state index contributed by atoms with van der Waals surface area (Å²) in [6.45, 7) is 16.8. The van der Waals surface area contributed by atoms with Crippen LogP contribution in [-0.4, -0.2) is 245 Å². The Kier molecular flexibility index (Phi) is 22.9. The summed E-state index contributed by atoms with van der Waals surface area (Å²) in [7, 11) is 0. The Hall–Kier alpha value is -1.93. The molecule has 0 spiro atoms. The van der Waals surface area contributed by atoms with Crippen molar-refractivity contribution in [3.8, 4) is 0 Å². The zero-order valence-corrected chi connectivity index (χ0v) is 51.6. The molecule has 8 fully saturated rings. The van der Waals surface area contributed by atoms with Gasteiger partial charge in [0, 0.05) is 6.08 Å². The molecule has 0 aromatic carbocycles. The van der Waals surface area contributed by atoms with Gasteiger partial charge < -0.3 is 114 Å². The number of hydrogen-bond acceptors (Lipinski definition) is 24. The molecular formula is C62H104O24. The van der Waals surface area contributed by atoms with Gasteiger partial charge in [-0.05, 0) is 137 Å². The first-order valence-electron chi connectivity index (χ1n) is 31.5. The average Bonchev–Trinajstić information content (AvgIpc) is 1.23. The number of carbonyl (C=O) groups is 1. The van der Waals surface area contributed by atoms with E-state index >= 15 is 0 Å². The number of aliphatic hydroxyl groups excluding tert-OH is 14. The van der Waals surface area contributed by atoms with Gasteiger partial charge in [-0.15, -0.1) is 0 Å². The van der Waals surface area contributed by atoms with Crippen molar-refractivity contribution in [3.63, 3.8) is 0 Å². The summed E-state index contributed by atoms with van der Waals surface area (Å²) in [5.41, 5.74) is -1.70. The second kappa shape index (κ2) is 28.1. The number of esters is 1. The molecule has 4 aliphatic heterocycles. The molecule has 14 N–H and O–H groups in total. The van der Waals surface area contributed by atoms with Crippen molar-refractivity contribution in [1.29, 1.82) is 0 Å². The van der Waals surface area contributed by atoms with Gasteiger partial charge in [0.05, 0.1) is 37.6 Å². The smallest absolute Gasteiger partial charge is 0.330 e. The van der Waals surface area contributed by atoms with Crippen LogP contribution in [0, 0.1) is 45.3 Å². The zero-order valence-electron chi connectivity index (χ0n) is 51.6. The van der Waals surface area contributed by atoms with Gasteiger partial charge in [-0.2, -0.15) is 0 Å². The van der Waals surface area contributed by atoms with Crippen LogP contribution in [0.3, 0.4) is 0 Å². The number of fused-ring (bicyclic) bond motifs is 5. The third-order valence-corrected chi connectivity index (χ3v) is 22.3. The van der Waals surface area contributed by atoms with Gasteiger partial charge in [0.1, 0.15) is 104 Å². The minimum absolute atomic E-state index is 0.0142. The van der Waals surface area contributed by atoms with E-state index in [-0.39, 0.29) is 34.5 Å². The molecule has 8 aliphatic rings. The number of rotatable bonds is 22. The Morgan fingerprint density at radius 1 is 0.593 bits per heavy atom. The van der Waals surface area contributed by atoms with Crippen molar-refractivity contribution in [2.45, 2.75) is 286 Å². The Morgan fingerprint density at radius 2 is 1.15 bits per heavy atom. The molecule has 4 heterocycles. The molecule has 24 heteroatoms. The second-order valence-electron chi connectivity index (χ2n) is 28.1. The van der Waals surface area contributed by atoms with E-state index in [9.17, 15) is 76.3 Å². The summed E-state index contributed by atoms with van der Waals surface area (Å²) in [5, 5.41) is 154. The van der Waals surface area contributed by atoms with Gasteiger partial charge in [-0.1, -0.05) is 72.1 Å². The maximum absolute atomic E-state index is 12.9. The Balaban J connectivity index is 0.982. The molecule has 8 rings (SSSR count). The van der Waals surface area contributed by atoms with Crippen molar-refractivity contribution in [2.75, 3.05) is 26.4 Å². The molecule has 86 heavy (non-hydrogen) atoms. The molecule has 0 bridgehead atoms. The van der Waals surface area contributed by atoms with E-state index < -0.39 is 184 Å². The summed E-state index contributed by atoms with van der Waals surface area (Å²) in [5.74, 6) is -1.25. The van der Waals surface area contributed by atoms with Crippen LogP contribution in [-0.2, 0) is 47.4 Å². The van der Waals surface area contributed by atoms with E-state index in [0.717, 1.165) is 44.1 Å². The normalized spacial score (nSPS) is 48.4. The molecular weight excluding hydrogens is 1130 g/mol. The maximum Gasteiger partial charge on any atom is 0.330 e. The van der Waals surface area contributed by atoms with Gasteiger partial charge in [0.15, 0.2) is 25.2 Å². The van der Waals surface area contributed by atoms with E-state index in [1.807, 2.05) is 20.8 Å². The molecule has 0 radical (unpaired) electrons. The molecule has 30 unspecified atom stereocenters. The first-order valence-corrected chi connectivity index (χ1v) is 31.5. The largest absolute Gasteiger partial charge is 0.460 e. The molecule has 4 saturated heterocycles. The molecule has 24 nitrogen and oxygen atoms in total. The monoisotopic (exact) mass is 1230 g/mol. The predicted molar refractivity (Wildman–Crippen MR) is 303 cm³/mol. The van der Waals surface area contributed by atoms with Gasteiger partial charge in [0.25, 0.3) is 0 Å². The lowest BCUT2D eigenvalue weighted by atomic mass is 9.35. The van der Waals surface area contributed by atoms with Crippen LogP contribution in [0.2, 0.25) is 0 Å². The van der Waals surface area contributed by atoms with Crippen LogP contribution >= 0.6 is 0 Å². The van der Waals surface area contributed by atoms with E-state index in [2.05, 4.69) is 47.6 Å². The minimum atomic E-state index is -1.87. The van der Waals surface area contributed by atoms with Gasteiger partial charge >= 0.3 is 5.97 Å². The lowest BCUT2D eigenvalue weighted by Gasteiger charge is -2.71. The van der Waals surface area contributed by atoms with Crippen LogP contribution < -0.4 is 0 Å². The van der Waals surface area contributed by atoms with Crippen LogP contribution in [0.5, 0.6) is 0 Å². The second-order valence-corrected chi connectivity index (χ2v) is 28.1. The first-order chi connectivity index (χ1) is 40.4. The number of hydrogen-bond donors (Lipinski definition) is 14. The Bertz CT molecular complexity index is 2270. The average molecular weight is 1230 g/mol. The fraction of sp³-hybridized carbons (Fsp3) is 0.919. The summed E-state index contributed by atoms with van der Waals surface area (Å²) >= 11 is 0. The van der Waals surface area contributed by atoms with Gasteiger partial charge in [-0.25, -0.2) is 4.79 Å². The fourth-order valence-corrected chi connectivity index (χ4v) is 17.2.